The van der Waals surface area contributed by atoms with Crippen molar-refractivity contribution in [1.82, 2.24) is 5.32 Å². The van der Waals surface area contributed by atoms with Crippen molar-refractivity contribution in [2.75, 3.05) is 6.54 Å². The topological polar surface area (TPSA) is 55.2 Å². The number of hydrogen-bond donors (Lipinski definition) is 1. The van der Waals surface area contributed by atoms with Crippen LogP contribution in [0.15, 0.2) is 18.2 Å². The van der Waals surface area contributed by atoms with Gasteiger partial charge in [0.25, 0.3) is 5.69 Å². The van der Waals surface area contributed by atoms with Gasteiger partial charge >= 0.3 is 0 Å². The van der Waals surface area contributed by atoms with Crippen molar-refractivity contribution in [1.29, 1.82) is 0 Å². The van der Waals surface area contributed by atoms with Crippen LogP contribution in [0.1, 0.15) is 38.3 Å². The molecule has 0 radical (unpaired) electrons. The third-order valence-corrected chi connectivity index (χ3v) is 3.15. The molecule has 4 nitrogen and oxygen atoms in total. The molecule has 0 aliphatic carbocycles. The normalized spacial score (nSPS) is 12.7. The molecule has 0 aromatic heterocycles. The molecule has 0 fully saturated rings. The summed E-state index contributed by atoms with van der Waals surface area (Å²) in [6, 6.07) is 5.79. The third-order valence-electron chi connectivity index (χ3n) is 3.15. The number of aryl methyl sites for hydroxylation is 1. The van der Waals surface area contributed by atoms with Crippen LogP contribution in [0.25, 0.3) is 0 Å². The van der Waals surface area contributed by atoms with Gasteiger partial charge in [-0.15, -0.1) is 0 Å². The minimum absolute atomic E-state index is 0.242. The van der Waals surface area contributed by atoms with E-state index in [1.807, 2.05) is 19.1 Å². The molecule has 0 spiro atoms. The highest BCUT2D eigenvalue weighted by molar-refractivity contribution is 5.43. The van der Waals surface area contributed by atoms with Gasteiger partial charge in [-0.2, -0.15) is 0 Å². The number of hydrogen-bond acceptors (Lipinski definition) is 3. The third kappa shape index (κ3) is 4.99. The van der Waals surface area contributed by atoms with Gasteiger partial charge in [0.05, 0.1) is 4.92 Å². The van der Waals surface area contributed by atoms with Crippen molar-refractivity contribution in [2.24, 2.45) is 5.92 Å². The van der Waals surface area contributed by atoms with E-state index < -0.39 is 0 Å². The molecular weight excluding hydrogens is 240 g/mol. The molecule has 0 aliphatic rings. The molecule has 1 unspecified atom stereocenters. The quantitative estimate of drug-likeness (QED) is 0.606. The van der Waals surface area contributed by atoms with E-state index in [4.69, 9.17) is 0 Å². The molecule has 0 aliphatic heterocycles. The number of nitrogens with zero attached hydrogens (tertiary/aromatic N) is 1. The van der Waals surface area contributed by atoms with E-state index in [0.717, 1.165) is 24.1 Å². The summed E-state index contributed by atoms with van der Waals surface area (Å²) in [5.41, 5.74) is 1.99. The lowest BCUT2D eigenvalue weighted by molar-refractivity contribution is -0.385. The largest absolute Gasteiger partial charge is 0.314 e. The van der Waals surface area contributed by atoms with E-state index in [1.165, 1.54) is 0 Å². The van der Waals surface area contributed by atoms with E-state index in [1.54, 1.807) is 6.07 Å². The molecule has 1 atom stereocenters. The average molecular weight is 264 g/mol. The minimum Gasteiger partial charge on any atom is -0.314 e. The highest BCUT2D eigenvalue weighted by Gasteiger charge is 2.18. The molecule has 19 heavy (non-hydrogen) atoms. The molecule has 0 saturated heterocycles. The van der Waals surface area contributed by atoms with Gasteiger partial charge in [0, 0.05) is 17.7 Å². The van der Waals surface area contributed by atoms with Crippen molar-refractivity contribution in [3.63, 3.8) is 0 Å². The Hall–Kier alpha value is -1.42. The van der Waals surface area contributed by atoms with Gasteiger partial charge in [0.15, 0.2) is 0 Å². The van der Waals surface area contributed by atoms with Crippen LogP contribution in [0.3, 0.4) is 0 Å². The molecule has 0 heterocycles. The maximum absolute atomic E-state index is 11.1. The second kappa shape index (κ2) is 7.24. The van der Waals surface area contributed by atoms with Gasteiger partial charge in [-0.05, 0) is 37.8 Å². The zero-order valence-corrected chi connectivity index (χ0v) is 12.3. The highest BCUT2D eigenvalue weighted by Crippen LogP contribution is 2.23. The monoisotopic (exact) mass is 264 g/mol. The fourth-order valence-corrected chi connectivity index (χ4v) is 2.38. The number of benzene rings is 1. The van der Waals surface area contributed by atoms with E-state index in [2.05, 4.69) is 26.1 Å². The maximum atomic E-state index is 11.1. The van der Waals surface area contributed by atoms with E-state index >= 15 is 0 Å². The molecule has 1 N–H and O–H groups in total. The second-order valence-electron chi connectivity index (χ2n) is 5.48. The molecule has 1 aromatic carbocycles. The maximum Gasteiger partial charge on any atom is 0.272 e. The van der Waals surface area contributed by atoms with Crippen molar-refractivity contribution >= 4 is 5.69 Å². The lowest BCUT2D eigenvalue weighted by atomic mass is 9.95. The molecule has 1 rings (SSSR count). The fraction of sp³-hybridized carbons (Fsp3) is 0.600. The van der Waals surface area contributed by atoms with Gasteiger partial charge in [0.1, 0.15) is 0 Å². The first-order valence-corrected chi connectivity index (χ1v) is 6.91. The fourth-order valence-electron chi connectivity index (χ4n) is 2.38. The number of likely N-dealkylation sites (N-methyl/N-ethyl adjacent to an activating group) is 1. The zero-order valence-electron chi connectivity index (χ0n) is 12.3. The van der Waals surface area contributed by atoms with Gasteiger partial charge < -0.3 is 5.32 Å². The Morgan fingerprint density at radius 3 is 2.58 bits per heavy atom. The van der Waals surface area contributed by atoms with Gasteiger partial charge in [-0.1, -0.05) is 32.9 Å². The first-order chi connectivity index (χ1) is 8.93. The lowest BCUT2D eigenvalue weighted by Crippen LogP contribution is -2.32. The predicted molar refractivity (Wildman–Crippen MR) is 78.5 cm³/mol. The summed E-state index contributed by atoms with van der Waals surface area (Å²) in [5.74, 6) is 0.577. The first kappa shape index (κ1) is 15.6. The highest BCUT2D eigenvalue weighted by atomic mass is 16.6. The molecule has 4 heteroatoms. The summed E-state index contributed by atoms with van der Waals surface area (Å²) in [4.78, 5) is 10.8. The van der Waals surface area contributed by atoms with Crippen LogP contribution < -0.4 is 5.32 Å². The van der Waals surface area contributed by atoms with Gasteiger partial charge in [-0.25, -0.2) is 0 Å². The van der Waals surface area contributed by atoms with Crippen LogP contribution in [0.5, 0.6) is 0 Å². The molecule has 0 saturated carbocycles. The van der Waals surface area contributed by atoms with Crippen molar-refractivity contribution in [2.45, 2.75) is 46.6 Å². The Labute approximate surface area is 115 Å². The lowest BCUT2D eigenvalue weighted by Gasteiger charge is -2.20. The standard InChI is InChI=1S/C15H24N2O2/c1-5-16-14(8-11(2)3)10-13-7-6-12(4)9-15(13)17(18)19/h6-7,9,11,14,16H,5,8,10H2,1-4H3. The summed E-state index contributed by atoms with van der Waals surface area (Å²) in [7, 11) is 0. The SMILES string of the molecule is CCNC(Cc1ccc(C)cc1[N+](=O)[O-])CC(C)C. The number of rotatable bonds is 7. The predicted octanol–water partition coefficient (Wildman–Crippen LogP) is 3.47. The molecule has 0 bridgehead atoms. The summed E-state index contributed by atoms with van der Waals surface area (Å²) >= 11 is 0. The van der Waals surface area contributed by atoms with Gasteiger partial charge in [0.2, 0.25) is 0 Å². The van der Waals surface area contributed by atoms with Gasteiger partial charge in [-0.3, -0.25) is 10.1 Å². The average Bonchev–Trinajstić information content (AvgIpc) is 2.30. The van der Waals surface area contributed by atoms with Crippen LogP contribution in [0, 0.1) is 23.0 Å². The number of nitro groups is 1. The molecular formula is C15H24N2O2. The van der Waals surface area contributed by atoms with Crippen LogP contribution in [-0.4, -0.2) is 17.5 Å². The van der Waals surface area contributed by atoms with Crippen molar-refractivity contribution in [3.05, 3.63) is 39.4 Å². The molecule has 106 valence electrons. The number of nitrogens with one attached hydrogen (secondary N) is 1. The van der Waals surface area contributed by atoms with E-state index in [-0.39, 0.29) is 10.6 Å². The second-order valence-corrected chi connectivity index (χ2v) is 5.48. The first-order valence-electron chi connectivity index (χ1n) is 6.91. The van der Waals surface area contributed by atoms with Crippen LogP contribution >= 0.6 is 0 Å². The molecule has 0 amide bonds. The minimum atomic E-state index is -0.277. The van der Waals surface area contributed by atoms with E-state index in [0.29, 0.717) is 18.4 Å². The van der Waals surface area contributed by atoms with E-state index in [9.17, 15) is 10.1 Å². The van der Waals surface area contributed by atoms with Crippen LogP contribution in [-0.2, 0) is 6.42 Å². The summed E-state index contributed by atoms with van der Waals surface area (Å²) < 4.78 is 0. The number of nitro benzene ring substituents is 1. The Balaban J connectivity index is 2.91. The Morgan fingerprint density at radius 1 is 1.37 bits per heavy atom. The Bertz CT molecular complexity index is 430. The zero-order chi connectivity index (χ0) is 14.4. The summed E-state index contributed by atoms with van der Waals surface area (Å²) in [6.45, 7) is 9.18. The Kier molecular flexibility index (Phi) is 5.96. The van der Waals surface area contributed by atoms with Crippen molar-refractivity contribution < 1.29 is 4.92 Å². The summed E-state index contributed by atoms with van der Waals surface area (Å²) in [5, 5.41) is 14.5. The smallest absolute Gasteiger partial charge is 0.272 e. The Morgan fingerprint density at radius 2 is 2.05 bits per heavy atom. The van der Waals surface area contributed by atoms with Crippen molar-refractivity contribution in [3.8, 4) is 0 Å². The summed E-state index contributed by atoms with van der Waals surface area (Å²) in [6.07, 6.45) is 1.74. The van der Waals surface area contributed by atoms with Crippen LogP contribution in [0.4, 0.5) is 5.69 Å². The van der Waals surface area contributed by atoms with Crippen LogP contribution in [0.2, 0.25) is 0 Å². The molecule has 1 aromatic rings.